The highest BCUT2D eigenvalue weighted by atomic mass is 16.6. The zero-order chi connectivity index (χ0) is 15.6. The summed E-state index contributed by atoms with van der Waals surface area (Å²) in [6, 6.07) is 1.62. The summed E-state index contributed by atoms with van der Waals surface area (Å²) in [5.41, 5.74) is -0.108. The molecule has 0 unspecified atom stereocenters. The second-order valence-corrected chi connectivity index (χ2v) is 5.19. The van der Waals surface area contributed by atoms with Gasteiger partial charge in [0.15, 0.2) is 0 Å². The van der Waals surface area contributed by atoms with Crippen molar-refractivity contribution < 1.29 is 14.5 Å². The van der Waals surface area contributed by atoms with E-state index < -0.39 is 10.9 Å². The summed E-state index contributed by atoms with van der Waals surface area (Å²) in [6.45, 7) is 5.26. The Balaban J connectivity index is 2.38. The van der Waals surface area contributed by atoms with Crippen molar-refractivity contribution in [1.29, 1.82) is 0 Å². The number of methoxy groups -OCH3 is 1. The molecule has 0 spiro atoms. The highest BCUT2D eigenvalue weighted by Gasteiger charge is 2.28. The molecule has 0 amide bonds. The maximum Gasteiger partial charge on any atom is 0.339 e. The van der Waals surface area contributed by atoms with Crippen molar-refractivity contribution in [1.82, 2.24) is 10.3 Å². The van der Waals surface area contributed by atoms with Gasteiger partial charge in [0.1, 0.15) is 0 Å². The number of nitro groups is 1. The predicted molar refractivity (Wildman–Crippen MR) is 76.5 cm³/mol. The van der Waals surface area contributed by atoms with E-state index in [-0.39, 0.29) is 29.2 Å². The normalized spacial score (nSPS) is 22.0. The van der Waals surface area contributed by atoms with Crippen LogP contribution >= 0.6 is 0 Å². The second-order valence-electron chi connectivity index (χ2n) is 5.19. The van der Waals surface area contributed by atoms with Crippen LogP contribution in [0.4, 0.5) is 11.5 Å². The lowest BCUT2D eigenvalue weighted by atomic mass is 10.1. The summed E-state index contributed by atoms with van der Waals surface area (Å²) in [6.07, 6.45) is 1.31. The van der Waals surface area contributed by atoms with Crippen molar-refractivity contribution in [3.05, 3.63) is 27.9 Å². The molecule has 0 radical (unpaired) electrons. The van der Waals surface area contributed by atoms with Crippen LogP contribution in [-0.4, -0.2) is 48.2 Å². The molecule has 21 heavy (non-hydrogen) atoms. The van der Waals surface area contributed by atoms with E-state index in [0.717, 1.165) is 0 Å². The minimum atomic E-state index is -0.640. The molecule has 2 heterocycles. The predicted octanol–water partition coefficient (Wildman–Crippen LogP) is 0.963. The molecule has 0 aliphatic carbocycles. The van der Waals surface area contributed by atoms with Crippen molar-refractivity contribution in [2.75, 3.05) is 25.1 Å². The molecular weight excluding hydrogens is 276 g/mol. The minimum absolute atomic E-state index is 0.0733. The molecule has 1 aromatic heterocycles. The third-order valence-corrected chi connectivity index (χ3v) is 3.32. The number of esters is 1. The zero-order valence-corrected chi connectivity index (χ0v) is 12.2. The van der Waals surface area contributed by atoms with Crippen LogP contribution in [-0.2, 0) is 4.74 Å². The molecule has 0 saturated carbocycles. The van der Waals surface area contributed by atoms with E-state index in [9.17, 15) is 14.9 Å². The Labute approximate surface area is 122 Å². The maximum absolute atomic E-state index is 11.5. The average Bonchev–Trinajstić information content (AvgIpc) is 2.44. The average molecular weight is 294 g/mol. The van der Waals surface area contributed by atoms with Crippen LogP contribution in [0.25, 0.3) is 0 Å². The van der Waals surface area contributed by atoms with Gasteiger partial charge in [0.2, 0.25) is 5.82 Å². The summed E-state index contributed by atoms with van der Waals surface area (Å²) < 4.78 is 4.57. The number of carbonyl (C=O) groups is 1. The van der Waals surface area contributed by atoms with Crippen LogP contribution in [0.3, 0.4) is 0 Å². The van der Waals surface area contributed by atoms with Crippen LogP contribution in [0.1, 0.15) is 24.2 Å². The van der Waals surface area contributed by atoms with Gasteiger partial charge in [-0.3, -0.25) is 10.1 Å². The lowest BCUT2D eigenvalue weighted by Crippen LogP contribution is -2.54. The van der Waals surface area contributed by atoms with E-state index in [0.29, 0.717) is 13.1 Å². The van der Waals surface area contributed by atoms with Crippen molar-refractivity contribution in [2.45, 2.75) is 25.9 Å². The van der Waals surface area contributed by atoms with E-state index >= 15 is 0 Å². The number of hydrogen-bond donors (Lipinski definition) is 1. The Morgan fingerprint density at radius 3 is 2.62 bits per heavy atom. The van der Waals surface area contributed by atoms with E-state index in [2.05, 4.69) is 15.0 Å². The molecule has 8 nitrogen and oxygen atoms in total. The Kier molecular flexibility index (Phi) is 4.37. The molecule has 2 rings (SSSR count). The number of anilines is 1. The quantitative estimate of drug-likeness (QED) is 0.503. The van der Waals surface area contributed by atoms with Crippen LogP contribution in [0.5, 0.6) is 0 Å². The van der Waals surface area contributed by atoms with E-state index in [1.165, 1.54) is 19.4 Å². The van der Waals surface area contributed by atoms with Gasteiger partial charge in [-0.2, -0.15) is 0 Å². The third kappa shape index (κ3) is 3.27. The van der Waals surface area contributed by atoms with Crippen molar-refractivity contribution in [3.8, 4) is 0 Å². The Hall–Kier alpha value is -2.22. The van der Waals surface area contributed by atoms with Gasteiger partial charge in [0, 0.05) is 37.4 Å². The zero-order valence-electron chi connectivity index (χ0n) is 12.2. The van der Waals surface area contributed by atoms with Crippen molar-refractivity contribution in [3.63, 3.8) is 0 Å². The summed E-state index contributed by atoms with van der Waals surface area (Å²) in [7, 11) is 1.22. The van der Waals surface area contributed by atoms with Gasteiger partial charge in [-0.1, -0.05) is 0 Å². The topological polar surface area (TPSA) is 97.6 Å². The van der Waals surface area contributed by atoms with Crippen molar-refractivity contribution in [2.24, 2.45) is 0 Å². The largest absolute Gasteiger partial charge is 0.465 e. The Morgan fingerprint density at radius 1 is 1.48 bits per heavy atom. The molecule has 0 aromatic carbocycles. The molecule has 1 aliphatic heterocycles. The standard InChI is InChI=1S/C13H18N4O4/c1-8-6-16(7-9(2)15-8)12-11(17(19)20)4-10(5-14-12)13(18)21-3/h4-5,8-9,15H,6-7H2,1-3H3/t8-,9+. The third-order valence-electron chi connectivity index (χ3n) is 3.32. The summed E-state index contributed by atoms with van der Waals surface area (Å²) >= 11 is 0. The molecule has 0 bridgehead atoms. The molecule has 1 fully saturated rings. The molecule has 2 atom stereocenters. The van der Waals surface area contributed by atoms with Gasteiger partial charge in [-0.05, 0) is 13.8 Å². The highest BCUT2D eigenvalue weighted by Crippen LogP contribution is 2.28. The molecule has 1 aromatic rings. The lowest BCUT2D eigenvalue weighted by Gasteiger charge is -2.36. The molecule has 8 heteroatoms. The fourth-order valence-electron chi connectivity index (χ4n) is 2.55. The van der Waals surface area contributed by atoms with E-state index in [4.69, 9.17) is 0 Å². The monoisotopic (exact) mass is 294 g/mol. The molecular formula is C13H18N4O4. The van der Waals surface area contributed by atoms with E-state index in [1.807, 2.05) is 18.7 Å². The minimum Gasteiger partial charge on any atom is -0.465 e. The maximum atomic E-state index is 11.5. The first-order valence-electron chi connectivity index (χ1n) is 6.66. The van der Waals surface area contributed by atoms with Crippen LogP contribution in [0, 0.1) is 10.1 Å². The number of piperazine rings is 1. The highest BCUT2D eigenvalue weighted by molar-refractivity contribution is 5.90. The first-order valence-corrected chi connectivity index (χ1v) is 6.66. The van der Waals surface area contributed by atoms with E-state index in [1.54, 1.807) is 0 Å². The molecule has 114 valence electrons. The first kappa shape index (κ1) is 15.2. The van der Waals surface area contributed by atoms with Gasteiger partial charge >= 0.3 is 11.7 Å². The van der Waals surface area contributed by atoms with Gasteiger partial charge in [0.25, 0.3) is 0 Å². The number of carbonyl (C=O) groups excluding carboxylic acids is 1. The fraction of sp³-hybridized carbons (Fsp3) is 0.538. The number of nitrogens with one attached hydrogen (secondary N) is 1. The van der Waals surface area contributed by atoms with Gasteiger partial charge in [0.05, 0.1) is 17.6 Å². The second kappa shape index (κ2) is 6.04. The number of hydrogen-bond acceptors (Lipinski definition) is 7. The van der Waals surface area contributed by atoms with Crippen LogP contribution in [0.2, 0.25) is 0 Å². The van der Waals surface area contributed by atoms with Crippen molar-refractivity contribution >= 4 is 17.5 Å². The Bertz CT molecular complexity index is 553. The van der Waals surface area contributed by atoms with Gasteiger partial charge in [-0.15, -0.1) is 0 Å². The van der Waals surface area contributed by atoms with Crippen LogP contribution < -0.4 is 10.2 Å². The van der Waals surface area contributed by atoms with Gasteiger partial charge in [-0.25, -0.2) is 9.78 Å². The summed E-state index contributed by atoms with van der Waals surface area (Å²) in [4.78, 5) is 28.2. The van der Waals surface area contributed by atoms with Crippen LogP contribution in [0.15, 0.2) is 12.3 Å². The fourth-order valence-corrected chi connectivity index (χ4v) is 2.55. The summed E-state index contributed by atoms with van der Waals surface area (Å²) in [5, 5.41) is 14.6. The SMILES string of the molecule is COC(=O)c1cnc(N2C[C@@H](C)N[C@@H](C)C2)c([N+](=O)[O-])c1. The number of ether oxygens (including phenoxy) is 1. The number of rotatable bonds is 3. The number of aromatic nitrogens is 1. The Morgan fingerprint density at radius 2 is 2.10 bits per heavy atom. The molecule has 1 N–H and O–H groups in total. The number of nitrogens with zero attached hydrogens (tertiary/aromatic N) is 3. The smallest absolute Gasteiger partial charge is 0.339 e. The number of pyridine rings is 1. The summed E-state index contributed by atoms with van der Waals surface area (Å²) in [5.74, 6) is -0.355. The van der Waals surface area contributed by atoms with Gasteiger partial charge < -0.3 is 15.0 Å². The molecule has 1 saturated heterocycles. The molecule has 1 aliphatic rings. The first-order chi connectivity index (χ1) is 9.92. The lowest BCUT2D eigenvalue weighted by molar-refractivity contribution is -0.384.